The van der Waals surface area contributed by atoms with Crippen molar-refractivity contribution in [3.8, 4) is 5.75 Å². The minimum Gasteiger partial charge on any atom is -0.489 e. The molecule has 0 aromatic heterocycles. The maximum Gasteiger partial charge on any atom is 0.243 e. The lowest BCUT2D eigenvalue weighted by molar-refractivity contribution is -0.114. The van der Waals surface area contributed by atoms with Crippen molar-refractivity contribution in [1.82, 2.24) is 0 Å². The molecule has 120 valence electrons. The molecular formula is C17H16Cl2N2O2. The van der Waals surface area contributed by atoms with Crippen LogP contribution < -0.4 is 15.4 Å². The number of benzene rings is 2. The zero-order chi connectivity index (χ0) is 16.7. The molecule has 0 spiro atoms. The van der Waals surface area contributed by atoms with Gasteiger partial charge in [0.15, 0.2) is 0 Å². The van der Waals surface area contributed by atoms with E-state index in [0.717, 1.165) is 0 Å². The molecule has 0 saturated heterocycles. The summed E-state index contributed by atoms with van der Waals surface area (Å²) in [6.45, 7) is 4.09. The number of ether oxygens (including phenoxy) is 1. The summed E-state index contributed by atoms with van der Waals surface area (Å²) in [5.74, 6) is 0.472. The summed E-state index contributed by atoms with van der Waals surface area (Å²) in [5, 5.41) is 6.77. The van der Waals surface area contributed by atoms with Gasteiger partial charge in [-0.2, -0.15) is 0 Å². The number of carbonyl (C=O) groups is 1. The third-order valence-corrected chi connectivity index (χ3v) is 3.24. The highest BCUT2D eigenvalue weighted by atomic mass is 35.5. The Kier molecular flexibility index (Phi) is 6.32. The fourth-order valence-corrected chi connectivity index (χ4v) is 2.39. The van der Waals surface area contributed by atoms with E-state index in [1.54, 1.807) is 42.5 Å². The minimum atomic E-state index is -0.193. The van der Waals surface area contributed by atoms with E-state index in [4.69, 9.17) is 27.9 Å². The summed E-state index contributed by atoms with van der Waals surface area (Å²) in [4.78, 5) is 12.0. The number of halogens is 2. The molecule has 0 fully saturated rings. The molecule has 2 N–H and O–H groups in total. The highest BCUT2D eigenvalue weighted by Crippen LogP contribution is 2.22. The second-order valence-corrected chi connectivity index (χ2v) is 5.56. The summed E-state index contributed by atoms with van der Waals surface area (Å²) in [5.41, 5.74) is 1.34. The first-order valence-corrected chi connectivity index (χ1v) is 7.66. The number of nitrogens with one attached hydrogen (secondary N) is 2. The highest BCUT2D eigenvalue weighted by molar-refractivity contribution is 6.35. The maximum atomic E-state index is 12.0. The van der Waals surface area contributed by atoms with Crippen molar-refractivity contribution in [1.29, 1.82) is 0 Å². The van der Waals surface area contributed by atoms with Crippen LogP contribution in [0.1, 0.15) is 0 Å². The Morgan fingerprint density at radius 2 is 1.87 bits per heavy atom. The smallest absolute Gasteiger partial charge is 0.243 e. The standard InChI is InChI=1S/C17H16Cl2N2O2/c1-2-6-23-16-5-3-4-14(10-16)21-17(22)11-20-15-8-12(18)7-13(19)9-15/h2-5,7-10,20H,1,6,11H2,(H,21,22). The SMILES string of the molecule is C=CCOc1cccc(NC(=O)CNc2cc(Cl)cc(Cl)c2)c1. The van der Waals surface area contributed by atoms with E-state index >= 15 is 0 Å². The molecule has 2 aromatic carbocycles. The van der Waals surface area contributed by atoms with Crippen LogP contribution in [0.5, 0.6) is 5.75 Å². The van der Waals surface area contributed by atoms with Crippen LogP contribution in [0.25, 0.3) is 0 Å². The first-order chi connectivity index (χ1) is 11.1. The number of amides is 1. The zero-order valence-corrected chi connectivity index (χ0v) is 13.8. The fraction of sp³-hybridized carbons (Fsp3) is 0.118. The molecule has 0 unspecified atom stereocenters. The Balaban J connectivity index is 1.90. The maximum absolute atomic E-state index is 12.0. The van der Waals surface area contributed by atoms with E-state index in [1.807, 2.05) is 6.07 Å². The van der Waals surface area contributed by atoms with Crippen LogP contribution in [-0.4, -0.2) is 19.1 Å². The molecule has 0 bridgehead atoms. The molecule has 0 atom stereocenters. The Morgan fingerprint density at radius 1 is 1.13 bits per heavy atom. The van der Waals surface area contributed by atoms with Gasteiger partial charge in [-0.1, -0.05) is 41.9 Å². The number of hydrogen-bond acceptors (Lipinski definition) is 3. The van der Waals surface area contributed by atoms with Crippen LogP contribution in [0.4, 0.5) is 11.4 Å². The lowest BCUT2D eigenvalue weighted by Crippen LogP contribution is -2.21. The van der Waals surface area contributed by atoms with Crippen molar-refractivity contribution < 1.29 is 9.53 Å². The summed E-state index contributed by atoms with van der Waals surface area (Å²) in [6.07, 6.45) is 1.66. The molecule has 6 heteroatoms. The van der Waals surface area contributed by atoms with E-state index in [0.29, 0.717) is 33.8 Å². The minimum absolute atomic E-state index is 0.0917. The summed E-state index contributed by atoms with van der Waals surface area (Å²) in [7, 11) is 0. The molecule has 0 radical (unpaired) electrons. The fourth-order valence-electron chi connectivity index (χ4n) is 1.86. The number of anilines is 2. The van der Waals surface area contributed by atoms with Gasteiger partial charge in [0.05, 0.1) is 6.54 Å². The largest absolute Gasteiger partial charge is 0.489 e. The molecular weight excluding hydrogens is 335 g/mol. The molecule has 2 rings (SSSR count). The summed E-state index contributed by atoms with van der Waals surface area (Å²) >= 11 is 11.8. The van der Waals surface area contributed by atoms with Crippen molar-refractivity contribution in [2.75, 3.05) is 23.8 Å². The van der Waals surface area contributed by atoms with E-state index < -0.39 is 0 Å². The second kappa shape index (κ2) is 8.46. The Morgan fingerprint density at radius 3 is 2.57 bits per heavy atom. The van der Waals surface area contributed by atoms with Gasteiger partial charge in [0.2, 0.25) is 5.91 Å². The predicted octanol–water partition coefficient (Wildman–Crippen LogP) is 4.61. The zero-order valence-electron chi connectivity index (χ0n) is 12.3. The van der Waals surface area contributed by atoms with E-state index in [9.17, 15) is 4.79 Å². The van der Waals surface area contributed by atoms with Crippen LogP contribution in [-0.2, 0) is 4.79 Å². The highest BCUT2D eigenvalue weighted by Gasteiger charge is 2.04. The topological polar surface area (TPSA) is 50.4 Å². The number of rotatable bonds is 7. The quantitative estimate of drug-likeness (QED) is 0.717. The molecule has 0 aliphatic rings. The summed E-state index contributed by atoms with van der Waals surface area (Å²) in [6, 6.07) is 12.2. The first kappa shape index (κ1) is 17.2. The molecule has 1 amide bonds. The monoisotopic (exact) mass is 350 g/mol. The molecule has 0 aliphatic carbocycles. The molecule has 4 nitrogen and oxygen atoms in total. The van der Waals surface area contributed by atoms with Crippen LogP contribution in [0.15, 0.2) is 55.1 Å². The average molecular weight is 351 g/mol. The second-order valence-electron chi connectivity index (χ2n) is 4.69. The van der Waals surface area contributed by atoms with Crippen LogP contribution in [0.2, 0.25) is 10.0 Å². The molecule has 23 heavy (non-hydrogen) atoms. The van der Waals surface area contributed by atoms with E-state index in [2.05, 4.69) is 17.2 Å². The summed E-state index contributed by atoms with van der Waals surface area (Å²) < 4.78 is 5.42. The molecule has 0 aliphatic heterocycles. The number of carbonyl (C=O) groups excluding carboxylic acids is 1. The van der Waals surface area contributed by atoms with Crippen LogP contribution in [0.3, 0.4) is 0 Å². The van der Waals surface area contributed by atoms with Gasteiger partial charge in [0.1, 0.15) is 12.4 Å². The third kappa shape index (κ3) is 5.85. The van der Waals surface area contributed by atoms with Gasteiger partial charge in [-0.3, -0.25) is 4.79 Å². The van der Waals surface area contributed by atoms with Crippen molar-refractivity contribution in [3.05, 3.63) is 65.2 Å². The van der Waals surface area contributed by atoms with Crippen molar-refractivity contribution in [2.24, 2.45) is 0 Å². The third-order valence-electron chi connectivity index (χ3n) is 2.80. The average Bonchev–Trinajstić information content (AvgIpc) is 2.50. The normalized spacial score (nSPS) is 10.0. The Labute approximate surface area is 145 Å². The number of hydrogen-bond donors (Lipinski definition) is 2. The van der Waals surface area contributed by atoms with Gasteiger partial charge in [0.25, 0.3) is 0 Å². The van der Waals surface area contributed by atoms with E-state index in [-0.39, 0.29) is 12.5 Å². The van der Waals surface area contributed by atoms with Gasteiger partial charge in [-0.25, -0.2) is 0 Å². The van der Waals surface area contributed by atoms with Crippen molar-refractivity contribution >= 4 is 40.5 Å². The van der Waals surface area contributed by atoms with Gasteiger partial charge in [-0.15, -0.1) is 0 Å². The van der Waals surface area contributed by atoms with Gasteiger partial charge < -0.3 is 15.4 Å². The van der Waals surface area contributed by atoms with Crippen LogP contribution in [0, 0.1) is 0 Å². The molecule has 0 heterocycles. The Bertz CT molecular complexity index is 684. The van der Waals surface area contributed by atoms with Crippen molar-refractivity contribution in [2.45, 2.75) is 0 Å². The first-order valence-electron chi connectivity index (χ1n) is 6.90. The lowest BCUT2D eigenvalue weighted by atomic mass is 10.3. The Hall–Kier alpha value is -2.17. The van der Waals surface area contributed by atoms with Crippen molar-refractivity contribution in [3.63, 3.8) is 0 Å². The lowest BCUT2D eigenvalue weighted by Gasteiger charge is -2.10. The van der Waals surface area contributed by atoms with Gasteiger partial charge in [-0.05, 0) is 30.3 Å². The van der Waals surface area contributed by atoms with Crippen LogP contribution >= 0.6 is 23.2 Å². The molecule has 2 aromatic rings. The van der Waals surface area contributed by atoms with Gasteiger partial charge in [0, 0.05) is 27.5 Å². The molecule has 0 saturated carbocycles. The van der Waals surface area contributed by atoms with E-state index in [1.165, 1.54) is 0 Å². The predicted molar refractivity (Wildman–Crippen MR) is 95.7 cm³/mol. The van der Waals surface area contributed by atoms with Gasteiger partial charge >= 0.3 is 0 Å².